The largest absolute Gasteiger partial charge is 0.387 e. The van der Waals surface area contributed by atoms with Gasteiger partial charge in [-0.2, -0.15) is 0 Å². The lowest BCUT2D eigenvalue weighted by atomic mass is 10.1. The van der Waals surface area contributed by atoms with Crippen LogP contribution in [0.25, 0.3) is 0 Å². The van der Waals surface area contributed by atoms with Gasteiger partial charge in [0, 0.05) is 11.6 Å². The number of benzene rings is 1. The van der Waals surface area contributed by atoms with Crippen molar-refractivity contribution in [2.24, 2.45) is 0 Å². The Morgan fingerprint density at radius 3 is 2.79 bits per heavy atom. The van der Waals surface area contributed by atoms with Gasteiger partial charge >= 0.3 is 0 Å². The van der Waals surface area contributed by atoms with Gasteiger partial charge in [-0.15, -0.1) is 11.6 Å². The lowest BCUT2D eigenvalue weighted by Crippen LogP contribution is -2.00. The number of nitrogens with zero attached hydrogens (tertiary/aromatic N) is 1. The van der Waals surface area contributed by atoms with E-state index in [9.17, 15) is 15.2 Å². The Morgan fingerprint density at radius 2 is 2.29 bits per heavy atom. The fourth-order valence-electron chi connectivity index (χ4n) is 1.12. The van der Waals surface area contributed by atoms with Crippen LogP contribution >= 0.6 is 11.6 Å². The highest BCUT2D eigenvalue weighted by molar-refractivity contribution is 6.18. The van der Waals surface area contributed by atoms with Gasteiger partial charge in [0.15, 0.2) is 0 Å². The van der Waals surface area contributed by atoms with E-state index in [4.69, 9.17) is 11.6 Å². The molecule has 0 aliphatic rings. The molecule has 0 aliphatic carbocycles. The molecule has 1 N–H and O–H groups in total. The number of nitro groups is 1. The number of hydrogen-bond donors (Lipinski definition) is 1. The lowest BCUT2D eigenvalue weighted by Gasteiger charge is -2.07. The Labute approximate surface area is 86.3 Å². The molecule has 0 saturated heterocycles. The molecule has 0 saturated carbocycles. The van der Waals surface area contributed by atoms with Gasteiger partial charge in [-0.05, 0) is 12.5 Å². The number of alkyl halides is 1. The molecule has 5 heteroatoms. The van der Waals surface area contributed by atoms with Crippen molar-refractivity contribution in [1.82, 2.24) is 0 Å². The van der Waals surface area contributed by atoms with Crippen molar-refractivity contribution in [1.29, 1.82) is 0 Å². The normalized spacial score (nSPS) is 12.5. The van der Waals surface area contributed by atoms with Crippen molar-refractivity contribution in [3.05, 3.63) is 39.4 Å². The maximum atomic E-state index is 10.6. The second-order valence-corrected chi connectivity index (χ2v) is 3.28. The van der Waals surface area contributed by atoms with Crippen molar-refractivity contribution in [2.75, 3.05) is 5.88 Å². The first kappa shape index (κ1) is 10.9. The average molecular weight is 216 g/mol. The van der Waals surface area contributed by atoms with Gasteiger partial charge < -0.3 is 5.11 Å². The van der Waals surface area contributed by atoms with Gasteiger partial charge in [-0.3, -0.25) is 10.1 Å². The van der Waals surface area contributed by atoms with Crippen molar-refractivity contribution in [2.45, 2.75) is 13.0 Å². The molecule has 0 radical (unpaired) electrons. The summed E-state index contributed by atoms with van der Waals surface area (Å²) in [6, 6.07) is 4.58. The minimum absolute atomic E-state index is 0.00617. The molecule has 1 atom stereocenters. The van der Waals surface area contributed by atoms with E-state index in [0.29, 0.717) is 11.1 Å². The van der Waals surface area contributed by atoms with Crippen LogP contribution in [0.4, 0.5) is 5.69 Å². The predicted molar refractivity (Wildman–Crippen MR) is 53.5 cm³/mol. The molecule has 4 nitrogen and oxygen atoms in total. The highest BCUT2D eigenvalue weighted by atomic mass is 35.5. The van der Waals surface area contributed by atoms with Crippen LogP contribution in [-0.4, -0.2) is 15.9 Å². The van der Waals surface area contributed by atoms with Gasteiger partial charge in [0.2, 0.25) is 0 Å². The van der Waals surface area contributed by atoms with Crippen LogP contribution in [0.5, 0.6) is 0 Å². The number of aliphatic hydroxyl groups is 1. The Bertz CT molecular complexity index is 354. The molecule has 1 aromatic rings. The van der Waals surface area contributed by atoms with E-state index in [0.717, 1.165) is 0 Å². The van der Waals surface area contributed by atoms with E-state index in [2.05, 4.69) is 0 Å². The van der Waals surface area contributed by atoms with E-state index >= 15 is 0 Å². The van der Waals surface area contributed by atoms with E-state index < -0.39 is 11.0 Å². The van der Waals surface area contributed by atoms with E-state index in [-0.39, 0.29) is 11.6 Å². The third kappa shape index (κ3) is 2.21. The van der Waals surface area contributed by atoms with Crippen LogP contribution in [0, 0.1) is 17.0 Å². The first-order chi connectivity index (χ1) is 6.56. The molecule has 14 heavy (non-hydrogen) atoms. The smallest absolute Gasteiger partial charge is 0.272 e. The summed E-state index contributed by atoms with van der Waals surface area (Å²) >= 11 is 5.44. The topological polar surface area (TPSA) is 63.4 Å². The van der Waals surface area contributed by atoms with Crippen LogP contribution < -0.4 is 0 Å². The summed E-state index contributed by atoms with van der Waals surface area (Å²) in [4.78, 5) is 10.1. The maximum Gasteiger partial charge on any atom is 0.272 e. The number of aliphatic hydroxyl groups excluding tert-OH is 1. The number of hydrogen-bond acceptors (Lipinski definition) is 3. The maximum absolute atomic E-state index is 10.6. The molecule has 0 aromatic heterocycles. The fraction of sp³-hybridized carbons (Fsp3) is 0.333. The van der Waals surface area contributed by atoms with Crippen LogP contribution in [0.1, 0.15) is 17.2 Å². The average Bonchev–Trinajstić information content (AvgIpc) is 2.17. The number of nitro benzene ring substituents is 1. The van der Waals surface area contributed by atoms with Crippen LogP contribution in [0.3, 0.4) is 0 Å². The van der Waals surface area contributed by atoms with Crippen molar-refractivity contribution >= 4 is 17.3 Å². The molecular formula is C9H10ClNO3. The first-order valence-corrected chi connectivity index (χ1v) is 4.58. The molecular weight excluding hydrogens is 206 g/mol. The van der Waals surface area contributed by atoms with Crippen LogP contribution in [0.2, 0.25) is 0 Å². The Kier molecular flexibility index (Phi) is 3.43. The van der Waals surface area contributed by atoms with Crippen molar-refractivity contribution in [3.8, 4) is 0 Å². The molecule has 1 unspecified atom stereocenters. The molecule has 1 aromatic carbocycles. The second-order valence-electron chi connectivity index (χ2n) is 2.97. The highest BCUT2D eigenvalue weighted by Gasteiger charge is 2.14. The molecule has 0 bridgehead atoms. The number of aryl methyl sites for hydroxylation is 1. The molecule has 0 fully saturated rings. The zero-order valence-electron chi connectivity index (χ0n) is 7.61. The molecule has 0 spiro atoms. The van der Waals surface area contributed by atoms with Gasteiger partial charge in [0.25, 0.3) is 5.69 Å². The van der Waals surface area contributed by atoms with Gasteiger partial charge in [0.05, 0.1) is 16.9 Å². The summed E-state index contributed by atoms with van der Waals surface area (Å²) in [5.41, 5.74) is 1.05. The van der Waals surface area contributed by atoms with E-state index in [1.54, 1.807) is 19.1 Å². The molecule has 1 rings (SSSR count). The molecule has 0 amide bonds. The third-order valence-electron chi connectivity index (χ3n) is 1.96. The van der Waals surface area contributed by atoms with Gasteiger partial charge in [-0.25, -0.2) is 0 Å². The van der Waals surface area contributed by atoms with Crippen LogP contribution in [0.15, 0.2) is 18.2 Å². The monoisotopic (exact) mass is 215 g/mol. The SMILES string of the molecule is Cc1ccc(C(O)CCl)cc1[N+](=O)[O-]. The summed E-state index contributed by atoms with van der Waals surface area (Å²) in [7, 11) is 0. The van der Waals surface area contributed by atoms with Crippen LogP contribution in [-0.2, 0) is 0 Å². The summed E-state index contributed by atoms with van der Waals surface area (Å²) in [5, 5.41) is 19.9. The summed E-state index contributed by atoms with van der Waals surface area (Å²) < 4.78 is 0. The standard InChI is InChI=1S/C9H10ClNO3/c1-6-2-3-7(9(12)5-10)4-8(6)11(13)14/h2-4,9,12H,5H2,1H3. The molecule has 0 heterocycles. The minimum atomic E-state index is -0.851. The lowest BCUT2D eigenvalue weighted by molar-refractivity contribution is -0.385. The second kappa shape index (κ2) is 4.39. The predicted octanol–water partition coefficient (Wildman–Crippen LogP) is 2.18. The first-order valence-electron chi connectivity index (χ1n) is 4.05. The van der Waals surface area contributed by atoms with Crippen molar-refractivity contribution in [3.63, 3.8) is 0 Å². The minimum Gasteiger partial charge on any atom is -0.387 e. The molecule has 76 valence electrons. The number of halogens is 1. The molecule has 0 aliphatic heterocycles. The quantitative estimate of drug-likeness (QED) is 0.478. The van der Waals surface area contributed by atoms with E-state index in [1.165, 1.54) is 6.07 Å². The van der Waals surface area contributed by atoms with Crippen molar-refractivity contribution < 1.29 is 10.0 Å². The number of rotatable bonds is 3. The van der Waals surface area contributed by atoms with Gasteiger partial charge in [0.1, 0.15) is 0 Å². The highest BCUT2D eigenvalue weighted by Crippen LogP contribution is 2.23. The summed E-state index contributed by atoms with van der Waals surface area (Å²) in [5.74, 6) is 0.0280. The third-order valence-corrected chi connectivity index (χ3v) is 2.25. The summed E-state index contributed by atoms with van der Waals surface area (Å²) in [6.07, 6.45) is -0.851. The van der Waals surface area contributed by atoms with E-state index in [1.807, 2.05) is 0 Å². The Balaban J connectivity index is 3.12. The Hall–Kier alpha value is -1.13. The Morgan fingerprint density at radius 1 is 1.64 bits per heavy atom. The van der Waals surface area contributed by atoms with Gasteiger partial charge in [-0.1, -0.05) is 12.1 Å². The fourth-order valence-corrected chi connectivity index (χ4v) is 1.30. The zero-order valence-corrected chi connectivity index (χ0v) is 8.36. The zero-order chi connectivity index (χ0) is 10.7. The summed E-state index contributed by atoms with van der Waals surface area (Å²) in [6.45, 7) is 1.65.